The maximum Gasteiger partial charge on any atom is 0.501 e. The summed E-state index contributed by atoms with van der Waals surface area (Å²) in [6.45, 7) is 3.84. The van der Waals surface area contributed by atoms with Crippen molar-refractivity contribution in [2.24, 2.45) is 0 Å². The van der Waals surface area contributed by atoms with Crippen LogP contribution in [0.25, 0.3) is 0 Å². The molecule has 0 rings (SSSR count). The van der Waals surface area contributed by atoms with Crippen molar-refractivity contribution < 1.29 is 9.47 Å². The lowest BCUT2D eigenvalue weighted by molar-refractivity contribution is -0.0476. The lowest BCUT2D eigenvalue weighted by atomic mass is 10.3. The van der Waals surface area contributed by atoms with Gasteiger partial charge < -0.3 is 18.5 Å². The Kier molecular flexibility index (Phi) is 13.4. The summed E-state index contributed by atoms with van der Waals surface area (Å²) in [6, 6.07) is 0. The molecule has 0 aliphatic carbocycles. The second kappa shape index (κ2) is 12.7. The fourth-order valence-corrected chi connectivity index (χ4v) is 1.64. The van der Waals surface area contributed by atoms with E-state index in [9.17, 15) is 0 Å². The maximum absolute atomic E-state index is 5.66. The minimum Gasteiger partial charge on any atom is -0.356 e. The van der Waals surface area contributed by atoms with Crippen LogP contribution in [0, 0.1) is 0 Å². The molecule has 2 nitrogen and oxygen atoms in total. The van der Waals surface area contributed by atoms with Gasteiger partial charge in [-0.1, -0.05) is 18.6 Å². The van der Waals surface area contributed by atoms with Crippen molar-refractivity contribution in [1.29, 1.82) is 0 Å². The molecule has 0 unspecified atom stereocenters. The summed E-state index contributed by atoms with van der Waals surface area (Å²) in [5.41, 5.74) is 0. The van der Waals surface area contributed by atoms with Gasteiger partial charge in [-0.15, -0.1) is 4.55 Å². The minimum atomic E-state index is -0.267. The fourth-order valence-electron chi connectivity index (χ4n) is 0.783. The molecule has 0 saturated heterocycles. The third-order valence-corrected chi connectivity index (χ3v) is 2.95. The molecule has 0 amide bonds. The molecule has 0 N–H and O–H groups in total. The van der Waals surface area contributed by atoms with Crippen LogP contribution in [0.5, 0.6) is 0 Å². The number of halogens is 1. The quantitative estimate of drug-likeness (QED) is 0.256. The van der Waals surface area contributed by atoms with Crippen LogP contribution in [0.4, 0.5) is 0 Å². The molecule has 0 radical (unpaired) electrons. The SMILES string of the molecule is CCOCOCC/C=C\C[CH2][Mg][Cl]. The first-order chi connectivity index (χ1) is 6.41. The van der Waals surface area contributed by atoms with E-state index in [4.69, 9.17) is 18.5 Å². The second-order valence-electron chi connectivity index (χ2n) is 2.61. The largest absolute Gasteiger partial charge is 0.501 e. The molecule has 0 atom stereocenters. The molecule has 0 fully saturated rings. The highest BCUT2D eigenvalue weighted by molar-refractivity contribution is 6.93. The smallest absolute Gasteiger partial charge is 0.356 e. The van der Waals surface area contributed by atoms with Gasteiger partial charge in [0.05, 0.1) is 6.61 Å². The van der Waals surface area contributed by atoms with Crippen LogP contribution in [-0.2, 0) is 9.47 Å². The van der Waals surface area contributed by atoms with Crippen LogP contribution in [0.2, 0.25) is 4.55 Å². The Hall–Kier alpha value is 0.716. The van der Waals surface area contributed by atoms with Crippen molar-refractivity contribution >= 4 is 28.3 Å². The van der Waals surface area contributed by atoms with E-state index in [1.807, 2.05) is 6.92 Å². The predicted octanol–water partition coefficient (Wildman–Crippen LogP) is 2.61. The Morgan fingerprint density at radius 3 is 2.69 bits per heavy atom. The minimum absolute atomic E-state index is 0.267. The zero-order valence-corrected chi connectivity index (χ0v) is 10.5. The van der Waals surface area contributed by atoms with Crippen molar-refractivity contribution in [2.75, 3.05) is 20.0 Å². The van der Waals surface area contributed by atoms with Crippen molar-refractivity contribution in [3.05, 3.63) is 12.2 Å². The highest BCUT2D eigenvalue weighted by Gasteiger charge is 1.87. The van der Waals surface area contributed by atoms with E-state index in [0.717, 1.165) is 26.1 Å². The highest BCUT2D eigenvalue weighted by Crippen LogP contribution is 1.94. The van der Waals surface area contributed by atoms with Gasteiger partial charge in [-0.2, -0.15) is 0 Å². The number of hydrogen-bond donors (Lipinski definition) is 0. The van der Waals surface area contributed by atoms with Gasteiger partial charge in [0.25, 0.3) is 0 Å². The molecule has 0 heterocycles. The van der Waals surface area contributed by atoms with Crippen LogP contribution in [0.3, 0.4) is 0 Å². The van der Waals surface area contributed by atoms with Gasteiger partial charge >= 0.3 is 19.3 Å². The van der Waals surface area contributed by atoms with Crippen LogP contribution in [0.15, 0.2) is 12.2 Å². The average Bonchev–Trinajstić information content (AvgIpc) is 2.16. The molecule has 0 saturated carbocycles. The molecule has 4 heteroatoms. The molecule has 0 aliphatic rings. The molecular formula is C9H17ClMgO2. The van der Waals surface area contributed by atoms with Crippen LogP contribution >= 0.6 is 9.07 Å². The molecule has 0 aromatic carbocycles. The number of ether oxygens (including phenoxy) is 2. The molecule has 0 aliphatic heterocycles. The van der Waals surface area contributed by atoms with Crippen molar-refractivity contribution in [1.82, 2.24) is 0 Å². The maximum atomic E-state index is 5.66. The Bertz CT molecular complexity index is 120. The molecule has 74 valence electrons. The summed E-state index contributed by atoms with van der Waals surface area (Å²) in [6.07, 6.45) is 6.42. The van der Waals surface area contributed by atoms with E-state index in [1.54, 1.807) is 0 Å². The second-order valence-corrected chi connectivity index (χ2v) is 4.83. The summed E-state index contributed by atoms with van der Waals surface area (Å²) in [5.74, 6) is 0. The molecular weight excluding hydrogens is 200 g/mol. The standard InChI is InChI=1S/C9H17O2.ClH.Mg/c1-3-5-6-7-8-11-9-10-4-2;;/h5-6H,1,3-4,7-9H2,2H3;1H;/q;;+1/p-1/b6-5-;;. The van der Waals surface area contributed by atoms with E-state index in [1.165, 1.54) is 4.55 Å². The lowest BCUT2D eigenvalue weighted by Gasteiger charge is -2.00. The third kappa shape index (κ3) is 12.7. The van der Waals surface area contributed by atoms with Gasteiger partial charge in [-0.05, 0) is 13.3 Å². The summed E-state index contributed by atoms with van der Waals surface area (Å²) < 4.78 is 11.4. The first-order valence-corrected chi connectivity index (χ1v) is 7.92. The normalized spacial score (nSPS) is 10.6. The van der Waals surface area contributed by atoms with Gasteiger partial charge in [0.15, 0.2) is 0 Å². The first kappa shape index (κ1) is 13.7. The summed E-state index contributed by atoms with van der Waals surface area (Å²) in [5, 5.41) is 0. The number of allylic oxidation sites excluding steroid dienone is 1. The van der Waals surface area contributed by atoms with Gasteiger partial charge in [-0.25, -0.2) is 0 Å². The molecule has 13 heavy (non-hydrogen) atoms. The van der Waals surface area contributed by atoms with E-state index in [-0.39, 0.29) is 19.3 Å². The van der Waals surface area contributed by atoms with Crippen molar-refractivity contribution in [3.63, 3.8) is 0 Å². The van der Waals surface area contributed by atoms with Gasteiger partial charge in [0.1, 0.15) is 6.79 Å². The van der Waals surface area contributed by atoms with Crippen LogP contribution in [0.1, 0.15) is 19.8 Å². The van der Waals surface area contributed by atoms with Gasteiger partial charge in [0.2, 0.25) is 0 Å². The Balaban J connectivity index is 2.93. The Labute approximate surface area is 94.1 Å². The van der Waals surface area contributed by atoms with Crippen LogP contribution < -0.4 is 0 Å². The summed E-state index contributed by atoms with van der Waals surface area (Å²) in [7, 11) is 5.66. The summed E-state index contributed by atoms with van der Waals surface area (Å²) in [4.78, 5) is 0. The van der Waals surface area contributed by atoms with E-state index in [2.05, 4.69) is 12.2 Å². The molecule has 0 aromatic heterocycles. The van der Waals surface area contributed by atoms with Crippen molar-refractivity contribution in [3.8, 4) is 0 Å². The zero-order chi connectivity index (χ0) is 9.78. The molecule has 0 bridgehead atoms. The van der Waals surface area contributed by atoms with E-state index in [0.29, 0.717) is 6.79 Å². The third-order valence-electron chi connectivity index (χ3n) is 1.47. The Morgan fingerprint density at radius 2 is 2.00 bits per heavy atom. The fraction of sp³-hybridized carbons (Fsp3) is 0.778. The van der Waals surface area contributed by atoms with Crippen molar-refractivity contribution in [2.45, 2.75) is 24.3 Å². The molecule has 0 aromatic rings. The topological polar surface area (TPSA) is 18.5 Å². The van der Waals surface area contributed by atoms with Gasteiger partial charge in [0, 0.05) is 6.61 Å². The monoisotopic (exact) mass is 216 g/mol. The van der Waals surface area contributed by atoms with E-state index >= 15 is 0 Å². The van der Waals surface area contributed by atoms with Gasteiger partial charge in [-0.3, -0.25) is 0 Å². The predicted molar refractivity (Wildman–Crippen MR) is 57.2 cm³/mol. The number of rotatable bonds is 9. The van der Waals surface area contributed by atoms with E-state index < -0.39 is 0 Å². The zero-order valence-electron chi connectivity index (χ0n) is 8.30. The number of hydrogen-bond acceptors (Lipinski definition) is 2. The molecule has 0 spiro atoms. The first-order valence-electron chi connectivity index (χ1n) is 4.78. The average molecular weight is 217 g/mol. The van der Waals surface area contributed by atoms with Crippen LogP contribution in [-0.4, -0.2) is 39.3 Å². The highest BCUT2D eigenvalue weighted by atomic mass is 35.5. The summed E-state index contributed by atoms with van der Waals surface area (Å²) >= 11 is -0.267. The lowest BCUT2D eigenvalue weighted by Crippen LogP contribution is -1.99. The Morgan fingerprint density at radius 1 is 1.23 bits per heavy atom.